The van der Waals surface area contributed by atoms with E-state index in [1.165, 1.54) is 11.0 Å². The Kier molecular flexibility index (Phi) is 9.74. The van der Waals surface area contributed by atoms with Gasteiger partial charge in [0, 0.05) is 13.6 Å². The number of hydrogen-bond donors (Lipinski definition) is 1. The van der Waals surface area contributed by atoms with Gasteiger partial charge >= 0.3 is 6.61 Å². The SMILES string of the molecule is CCCC(C)(N)C(=O)N(C)Cc1ccc(OC(F)F)c(OCC)c1.Cl. The molecular formula is C17H27ClF2N2O3. The molecular weight excluding hydrogens is 354 g/mol. The highest BCUT2D eigenvalue weighted by Gasteiger charge is 2.30. The average Bonchev–Trinajstić information content (AvgIpc) is 2.48. The van der Waals surface area contributed by atoms with Crippen LogP contribution in [0.5, 0.6) is 11.5 Å². The molecule has 144 valence electrons. The fourth-order valence-corrected chi connectivity index (χ4v) is 2.52. The minimum atomic E-state index is -2.92. The van der Waals surface area contributed by atoms with E-state index in [-0.39, 0.29) is 29.8 Å². The summed E-state index contributed by atoms with van der Waals surface area (Å²) in [5, 5.41) is 0. The summed E-state index contributed by atoms with van der Waals surface area (Å²) in [6, 6.07) is 4.63. The maximum Gasteiger partial charge on any atom is 0.387 e. The third-order valence-electron chi connectivity index (χ3n) is 3.55. The predicted molar refractivity (Wildman–Crippen MR) is 95.5 cm³/mol. The fraction of sp³-hybridized carbons (Fsp3) is 0.588. The highest BCUT2D eigenvalue weighted by Crippen LogP contribution is 2.30. The predicted octanol–water partition coefficient (Wildman–Crippen LogP) is 3.58. The van der Waals surface area contributed by atoms with Crippen LogP contribution in [-0.4, -0.2) is 36.6 Å². The molecule has 0 aliphatic carbocycles. The number of hydrogen-bond acceptors (Lipinski definition) is 4. The zero-order chi connectivity index (χ0) is 18.3. The lowest BCUT2D eigenvalue weighted by atomic mass is 9.95. The molecule has 0 aliphatic rings. The summed E-state index contributed by atoms with van der Waals surface area (Å²) in [7, 11) is 1.66. The van der Waals surface area contributed by atoms with Gasteiger partial charge in [0.05, 0.1) is 12.1 Å². The maximum atomic E-state index is 12.4. The normalized spacial score (nSPS) is 13.0. The fourth-order valence-electron chi connectivity index (χ4n) is 2.52. The number of amides is 1. The Morgan fingerprint density at radius 3 is 2.48 bits per heavy atom. The Labute approximate surface area is 153 Å². The van der Waals surface area contributed by atoms with Gasteiger partial charge < -0.3 is 20.1 Å². The summed E-state index contributed by atoms with van der Waals surface area (Å²) in [4.78, 5) is 14.0. The third-order valence-corrected chi connectivity index (χ3v) is 3.55. The summed E-state index contributed by atoms with van der Waals surface area (Å²) in [6.45, 7) is 3.11. The summed E-state index contributed by atoms with van der Waals surface area (Å²) < 4.78 is 34.6. The van der Waals surface area contributed by atoms with Crippen molar-refractivity contribution in [2.75, 3.05) is 13.7 Å². The second-order valence-corrected chi connectivity index (χ2v) is 5.92. The van der Waals surface area contributed by atoms with Crippen LogP contribution in [0.3, 0.4) is 0 Å². The Bertz CT molecular complexity index is 557. The van der Waals surface area contributed by atoms with Crippen LogP contribution < -0.4 is 15.2 Å². The van der Waals surface area contributed by atoms with Gasteiger partial charge in [-0.15, -0.1) is 12.4 Å². The number of nitrogens with zero attached hydrogens (tertiary/aromatic N) is 1. The first-order valence-corrected chi connectivity index (χ1v) is 7.96. The Hall–Kier alpha value is -1.60. The molecule has 1 aromatic rings. The lowest BCUT2D eigenvalue weighted by Crippen LogP contribution is -2.51. The largest absolute Gasteiger partial charge is 0.490 e. The molecule has 0 fully saturated rings. The molecule has 0 radical (unpaired) electrons. The molecule has 1 rings (SSSR count). The molecule has 0 heterocycles. The smallest absolute Gasteiger partial charge is 0.387 e. The van der Waals surface area contributed by atoms with E-state index in [1.807, 2.05) is 6.92 Å². The summed E-state index contributed by atoms with van der Waals surface area (Å²) in [6.07, 6.45) is 1.39. The molecule has 0 spiro atoms. The van der Waals surface area contributed by atoms with Gasteiger partial charge in [-0.05, 0) is 38.0 Å². The first-order chi connectivity index (χ1) is 11.2. The summed E-state index contributed by atoms with van der Waals surface area (Å²) >= 11 is 0. The minimum absolute atomic E-state index is 0. The van der Waals surface area contributed by atoms with Gasteiger partial charge in [-0.2, -0.15) is 8.78 Å². The van der Waals surface area contributed by atoms with Crippen LogP contribution in [0.25, 0.3) is 0 Å². The van der Waals surface area contributed by atoms with Gasteiger partial charge in [0.1, 0.15) is 0 Å². The standard InChI is InChI=1S/C17H26F2N2O3.ClH/c1-5-9-17(3,20)15(22)21(4)11-12-7-8-13(24-16(18)19)14(10-12)23-6-2;/h7-8,10,16H,5-6,9,11,20H2,1-4H3;1H. The lowest BCUT2D eigenvalue weighted by Gasteiger charge is -2.29. The van der Waals surface area contributed by atoms with Crippen molar-refractivity contribution >= 4 is 18.3 Å². The van der Waals surface area contributed by atoms with Crippen LogP contribution in [0, 0.1) is 0 Å². The zero-order valence-electron chi connectivity index (χ0n) is 15.1. The molecule has 1 amide bonds. The summed E-state index contributed by atoms with van der Waals surface area (Å²) in [5.41, 5.74) is 5.88. The van der Waals surface area contributed by atoms with Crippen LogP contribution >= 0.6 is 12.4 Å². The van der Waals surface area contributed by atoms with E-state index in [0.717, 1.165) is 12.0 Å². The second kappa shape index (κ2) is 10.4. The monoisotopic (exact) mass is 380 g/mol. The number of benzene rings is 1. The quantitative estimate of drug-likeness (QED) is 0.711. The number of likely N-dealkylation sites (N-methyl/N-ethyl adjacent to an activating group) is 1. The van der Waals surface area contributed by atoms with Gasteiger partial charge in [0.2, 0.25) is 5.91 Å². The molecule has 0 saturated heterocycles. The van der Waals surface area contributed by atoms with Crippen molar-refractivity contribution in [1.82, 2.24) is 4.90 Å². The maximum absolute atomic E-state index is 12.4. The van der Waals surface area contributed by atoms with Gasteiger partial charge in [-0.25, -0.2) is 0 Å². The number of carbonyl (C=O) groups is 1. The number of rotatable bonds is 9. The zero-order valence-corrected chi connectivity index (χ0v) is 15.9. The van der Waals surface area contributed by atoms with E-state index < -0.39 is 12.2 Å². The molecule has 1 unspecified atom stereocenters. The van der Waals surface area contributed by atoms with Crippen molar-refractivity contribution in [3.05, 3.63) is 23.8 Å². The van der Waals surface area contributed by atoms with E-state index in [4.69, 9.17) is 10.5 Å². The first kappa shape index (κ1) is 23.4. The van der Waals surface area contributed by atoms with Gasteiger partial charge in [-0.3, -0.25) is 4.79 Å². The number of alkyl halides is 2. The Morgan fingerprint density at radius 1 is 1.32 bits per heavy atom. The summed E-state index contributed by atoms with van der Waals surface area (Å²) in [5.74, 6) is 0.0228. The van der Waals surface area contributed by atoms with E-state index in [9.17, 15) is 13.6 Å². The van der Waals surface area contributed by atoms with E-state index in [1.54, 1.807) is 33.0 Å². The van der Waals surface area contributed by atoms with E-state index in [2.05, 4.69) is 4.74 Å². The minimum Gasteiger partial charge on any atom is -0.490 e. The van der Waals surface area contributed by atoms with E-state index in [0.29, 0.717) is 19.6 Å². The van der Waals surface area contributed by atoms with Crippen LogP contribution in [0.1, 0.15) is 39.2 Å². The highest BCUT2D eigenvalue weighted by atomic mass is 35.5. The van der Waals surface area contributed by atoms with Gasteiger partial charge in [0.15, 0.2) is 11.5 Å². The number of carbonyl (C=O) groups excluding carboxylic acids is 1. The molecule has 1 aromatic carbocycles. The van der Waals surface area contributed by atoms with Crippen LogP contribution in [0.4, 0.5) is 8.78 Å². The second-order valence-electron chi connectivity index (χ2n) is 5.92. The molecule has 0 aromatic heterocycles. The van der Waals surface area contributed by atoms with Crippen molar-refractivity contribution in [2.45, 2.75) is 52.3 Å². The van der Waals surface area contributed by atoms with Crippen LogP contribution in [0.2, 0.25) is 0 Å². The van der Waals surface area contributed by atoms with Crippen LogP contribution in [0.15, 0.2) is 18.2 Å². The third kappa shape index (κ3) is 7.04. The molecule has 0 aliphatic heterocycles. The molecule has 1 atom stereocenters. The topological polar surface area (TPSA) is 64.8 Å². The molecule has 8 heteroatoms. The molecule has 0 saturated carbocycles. The molecule has 2 N–H and O–H groups in total. The number of nitrogens with two attached hydrogens (primary N) is 1. The average molecular weight is 381 g/mol. The van der Waals surface area contributed by atoms with Gasteiger partial charge in [-0.1, -0.05) is 19.4 Å². The Balaban J connectivity index is 0.00000576. The molecule has 0 bridgehead atoms. The van der Waals surface area contributed by atoms with Crippen molar-refractivity contribution in [2.24, 2.45) is 5.73 Å². The van der Waals surface area contributed by atoms with Crippen molar-refractivity contribution < 1.29 is 23.0 Å². The Morgan fingerprint density at radius 2 is 1.96 bits per heavy atom. The van der Waals surface area contributed by atoms with Crippen LogP contribution in [-0.2, 0) is 11.3 Å². The molecule has 5 nitrogen and oxygen atoms in total. The van der Waals surface area contributed by atoms with E-state index >= 15 is 0 Å². The lowest BCUT2D eigenvalue weighted by molar-refractivity contribution is -0.135. The molecule has 25 heavy (non-hydrogen) atoms. The number of halogens is 3. The highest BCUT2D eigenvalue weighted by molar-refractivity contribution is 5.85. The number of ether oxygens (including phenoxy) is 2. The van der Waals surface area contributed by atoms with Crippen molar-refractivity contribution in [1.29, 1.82) is 0 Å². The van der Waals surface area contributed by atoms with Gasteiger partial charge in [0.25, 0.3) is 0 Å². The van der Waals surface area contributed by atoms with Crippen molar-refractivity contribution in [3.63, 3.8) is 0 Å². The van der Waals surface area contributed by atoms with Crippen molar-refractivity contribution in [3.8, 4) is 11.5 Å². The first-order valence-electron chi connectivity index (χ1n) is 7.96.